The first-order chi connectivity index (χ1) is 9.69. The molecule has 1 aliphatic heterocycles. The standard InChI is InChI=1S/C13H12N4O3/c14-6-9-1-2-11(5-12(9)17(18)19)16-4-3-13-10(8-16)7-15-20-13/h1-3,5,7-8H,4,6,14H2. The molecule has 1 aromatic carbocycles. The van der Waals surface area contributed by atoms with Crippen molar-refractivity contribution < 1.29 is 9.45 Å². The van der Waals surface area contributed by atoms with E-state index < -0.39 is 4.92 Å². The Bertz CT molecular complexity index is 781. The molecule has 7 nitrogen and oxygen atoms in total. The summed E-state index contributed by atoms with van der Waals surface area (Å²) in [7, 11) is 0. The molecule has 0 radical (unpaired) electrons. The van der Waals surface area contributed by atoms with E-state index in [0.717, 1.165) is 10.9 Å². The van der Waals surface area contributed by atoms with Gasteiger partial charge < -0.3 is 15.2 Å². The lowest BCUT2D eigenvalue weighted by Gasteiger charge is -2.20. The molecule has 3 rings (SSSR count). The molecule has 102 valence electrons. The molecule has 2 aromatic rings. The molecule has 0 spiro atoms. The molecule has 0 bridgehead atoms. The number of nitro benzene ring substituents is 1. The van der Waals surface area contributed by atoms with Gasteiger partial charge >= 0.3 is 0 Å². The Hall–Kier alpha value is -2.67. The summed E-state index contributed by atoms with van der Waals surface area (Å²) in [6.07, 6.45) is 5.35. The van der Waals surface area contributed by atoms with Gasteiger partial charge in [-0.2, -0.15) is 0 Å². The number of fused-ring (bicyclic) bond motifs is 1. The van der Waals surface area contributed by atoms with Crippen LogP contribution in [0.1, 0.15) is 5.56 Å². The number of nitro groups is 1. The molecule has 0 fully saturated rings. The lowest BCUT2D eigenvalue weighted by Crippen LogP contribution is -2.32. The summed E-state index contributed by atoms with van der Waals surface area (Å²) < 4.78 is 5.05. The second-order valence-corrected chi connectivity index (χ2v) is 4.41. The van der Waals surface area contributed by atoms with E-state index in [1.165, 1.54) is 6.07 Å². The van der Waals surface area contributed by atoms with Gasteiger partial charge in [-0.05, 0) is 18.2 Å². The number of hydrogen-bond donors (Lipinski definition) is 1. The molecule has 2 N–H and O–H groups in total. The van der Waals surface area contributed by atoms with Crippen molar-refractivity contribution in [2.75, 3.05) is 11.4 Å². The molecule has 0 saturated carbocycles. The summed E-state index contributed by atoms with van der Waals surface area (Å²) in [5.74, 6) is 0. The normalized spacial score (nSPS) is 13.3. The van der Waals surface area contributed by atoms with E-state index in [1.54, 1.807) is 12.3 Å². The maximum atomic E-state index is 11.1. The smallest absolute Gasteiger partial charge is 0.275 e. The maximum absolute atomic E-state index is 11.1. The monoisotopic (exact) mass is 272 g/mol. The molecule has 1 aromatic heterocycles. The van der Waals surface area contributed by atoms with Gasteiger partial charge in [0, 0.05) is 36.6 Å². The average molecular weight is 272 g/mol. The average Bonchev–Trinajstić information content (AvgIpc) is 2.93. The molecule has 2 heterocycles. The Morgan fingerprint density at radius 3 is 3.10 bits per heavy atom. The highest BCUT2D eigenvalue weighted by Crippen LogP contribution is 2.26. The Kier molecular flexibility index (Phi) is 2.96. The SMILES string of the molecule is NCc1ccc(N2C=c3cnoc3=CC2)cc1[N+](=O)[O-]. The highest BCUT2D eigenvalue weighted by atomic mass is 16.6. The first kappa shape index (κ1) is 12.4. The fraction of sp³-hybridized carbons (Fsp3) is 0.154. The van der Waals surface area contributed by atoms with Gasteiger partial charge in [-0.25, -0.2) is 0 Å². The maximum Gasteiger partial charge on any atom is 0.275 e. The zero-order valence-corrected chi connectivity index (χ0v) is 10.5. The lowest BCUT2D eigenvalue weighted by molar-refractivity contribution is -0.385. The fourth-order valence-electron chi connectivity index (χ4n) is 2.16. The molecular weight excluding hydrogens is 260 g/mol. The Morgan fingerprint density at radius 1 is 1.50 bits per heavy atom. The zero-order chi connectivity index (χ0) is 14.1. The van der Waals surface area contributed by atoms with Gasteiger partial charge in [-0.3, -0.25) is 10.1 Å². The Morgan fingerprint density at radius 2 is 2.35 bits per heavy atom. The van der Waals surface area contributed by atoms with Gasteiger partial charge in [-0.1, -0.05) is 5.16 Å². The molecule has 20 heavy (non-hydrogen) atoms. The summed E-state index contributed by atoms with van der Waals surface area (Å²) in [6, 6.07) is 5.04. The van der Waals surface area contributed by atoms with Crippen LogP contribution in [0.2, 0.25) is 0 Å². The van der Waals surface area contributed by atoms with Gasteiger partial charge in [0.05, 0.1) is 16.3 Å². The summed E-state index contributed by atoms with van der Waals surface area (Å²) in [5, 5.41) is 15.6. The minimum Gasteiger partial charge on any atom is -0.357 e. The number of hydrogen-bond acceptors (Lipinski definition) is 6. The van der Waals surface area contributed by atoms with Crippen LogP contribution in [0, 0.1) is 10.1 Å². The van der Waals surface area contributed by atoms with Gasteiger partial charge in [0.2, 0.25) is 0 Å². The van der Waals surface area contributed by atoms with E-state index in [-0.39, 0.29) is 12.2 Å². The molecule has 0 aliphatic carbocycles. The van der Waals surface area contributed by atoms with Crippen LogP contribution in [0.4, 0.5) is 11.4 Å². The second-order valence-electron chi connectivity index (χ2n) is 4.41. The van der Waals surface area contributed by atoms with Crippen LogP contribution in [-0.2, 0) is 6.54 Å². The Labute approximate surface area is 113 Å². The van der Waals surface area contributed by atoms with E-state index in [9.17, 15) is 10.1 Å². The molecule has 0 unspecified atom stereocenters. The van der Waals surface area contributed by atoms with Crippen LogP contribution in [0.25, 0.3) is 12.3 Å². The van der Waals surface area contributed by atoms with Crippen LogP contribution in [0.15, 0.2) is 28.9 Å². The summed E-state index contributed by atoms with van der Waals surface area (Å²) >= 11 is 0. The highest BCUT2D eigenvalue weighted by molar-refractivity contribution is 5.66. The summed E-state index contributed by atoms with van der Waals surface area (Å²) in [5.41, 5.74) is 7.52. The van der Waals surface area contributed by atoms with Gasteiger partial charge in [0.1, 0.15) is 0 Å². The molecule has 0 atom stereocenters. The first-order valence-corrected chi connectivity index (χ1v) is 6.06. The van der Waals surface area contributed by atoms with Crippen molar-refractivity contribution in [3.05, 3.63) is 50.7 Å². The van der Waals surface area contributed by atoms with Crippen LogP contribution >= 0.6 is 0 Å². The van der Waals surface area contributed by atoms with E-state index in [2.05, 4.69) is 5.16 Å². The fourth-order valence-corrected chi connectivity index (χ4v) is 2.16. The number of anilines is 1. The molecule has 1 aliphatic rings. The third-order valence-corrected chi connectivity index (χ3v) is 3.21. The van der Waals surface area contributed by atoms with Crippen LogP contribution in [0.3, 0.4) is 0 Å². The van der Waals surface area contributed by atoms with Gasteiger partial charge in [-0.15, -0.1) is 0 Å². The molecule has 0 saturated heterocycles. The van der Waals surface area contributed by atoms with Crippen LogP contribution in [0.5, 0.6) is 0 Å². The third kappa shape index (κ3) is 2.04. The van der Waals surface area contributed by atoms with Crippen molar-refractivity contribution in [1.82, 2.24) is 5.16 Å². The largest absolute Gasteiger partial charge is 0.357 e. The van der Waals surface area contributed by atoms with Crippen LogP contribution < -0.4 is 21.3 Å². The minimum absolute atomic E-state index is 0.0366. The van der Waals surface area contributed by atoms with Crippen molar-refractivity contribution in [1.29, 1.82) is 0 Å². The number of benzene rings is 1. The van der Waals surface area contributed by atoms with Crippen molar-refractivity contribution in [2.24, 2.45) is 5.73 Å². The van der Waals surface area contributed by atoms with E-state index in [4.69, 9.17) is 10.3 Å². The van der Waals surface area contributed by atoms with Crippen molar-refractivity contribution in [3.63, 3.8) is 0 Å². The Balaban J connectivity index is 2.04. The van der Waals surface area contributed by atoms with Gasteiger partial charge in [0.15, 0.2) is 5.42 Å². The number of aromatic nitrogens is 1. The summed E-state index contributed by atoms with van der Waals surface area (Å²) in [4.78, 5) is 12.5. The van der Waals surface area contributed by atoms with Crippen LogP contribution in [-0.4, -0.2) is 16.6 Å². The van der Waals surface area contributed by atoms with E-state index in [1.807, 2.05) is 23.2 Å². The number of rotatable bonds is 3. The molecule has 7 heteroatoms. The van der Waals surface area contributed by atoms with E-state index >= 15 is 0 Å². The number of nitrogens with zero attached hydrogens (tertiary/aromatic N) is 3. The third-order valence-electron chi connectivity index (χ3n) is 3.21. The van der Waals surface area contributed by atoms with Crippen molar-refractivity contribution in [3.8, 4) is 0 Å². The first-order valence-electron chi connectivity index (χ1n) is 6.06. The van der Waals surface area contributed by atoms with E-state index in [0.29, 0.717) is 17.5 Å². The van der Waals surface area contributed by atoms with Crippen molar-refractivity contribution >= 4 is 23.7 Å². The molecule has 0 amide bonds. The zero-order valence-electron chi connectivity index (χ0n) is 10.5. The predicted octanol–water partition coefficient (Wildman–Crippen LogP) is 0.0802. The second kappa shape index (κ2) is 4.78. The van der Waals surface area contributed by atoms with Gasteiger partial charge in [0.25, 0.3) is 5.69 Å². The highest BCUT2D eigenvalue weighted by Gasteiger charge is 2.16. The quantitative estimate of drug-likeness (QED) is 0.627. The van der Waals surface area contributed by atoms with Crippen molar-refractivity contribution in [2.45, 2.75) is 6.54 Å². The lowest BCUT2D eigenvalue weighted by atomic mass is 10.1. The topological polar surface area (TPSA) is 98.4 Å². The summed E-state index contributed by atoms with van der Waals surface area (Å²) in [6.45, 7) is 0.712. The number of nitrogens with two attached hydrogens (primary N) is 1. The minimum atomic E-state index is -0.413. The molecular formula is C13H12N4O3. The predicted molar refractivity (Wildman–Crippen MR) is 73.0 cm³/mol.